The smallest absolute Gasteiger partial charge is 0.255 e. The fraction of sp³-hybridized carbons (Fsp3) is 0.0800. The molecule has 0 aliphatic rings. The Kier molecular flexibility index (Phi) is 5.52. The highest BCUT2D eigenvalue weighted by atomic mass is 16.1. The van der Waals surface area contributed by atoms with E-state index in [0.29, 0.717) is 11.4 Å². The molecule has 5 heteroatoms. The average Bonchev–Trinajstić information content (AvgIpc) is 3.23. The van der Waals surface area contributed by atoms with Gasteiger partial charge in [0.2, 0.25) is 5.78 Å². The summed E-state index contributed by atoms with van der Waals surface area (Å²) >= 11 is 0. The number of allylic oxidation sites excluding steroid dienone is 1. The van der Waals surface area contributed by atoms with Crippen LogP contribution in [0.3, 0.4) is 0 Å². The molecule has 1 aromatic heterocycles. The number of benzene rings is 3. The summed E-state index contributed by atoms with van der Waals surface area (Å²) in [5.41, 5.74) is 4.94. The molecular weight excluding hydrogens is 374 g/mol. The minimum atomic E-state index is -0.205. The van der Waals surface area contributed by atoms with E-state index in [1.54, 1.807) is 30.3 Å². The third-order valence-corrected chi connectivity index (χ3v) is 4.84. The molecule has 5 nitrogen and oxygen atoms in total. The van der Waals surface area contributed by atoms with Crippen LogP contribution in [0.1, 0.15) is 39.0 Å². The zero-order valence-electron chi connectivity index (χ0n) is 16.6. The van der Waals surface area contributed by atoms with Crippen molar-refractivity contribution < 1.29 is 9.59 Å². The Morgan fingerprint density at radius 1 is 0.967 bits per heavy atom. The van der Waals surface area contributed by atoms with Crippen molar-refractivity contribution >= 4 is 34.5 Å². The summed E-state index contributed by atoms with van der Waals surface area (Å²) < 4.78 is 0. The van der Waals surface area contributed by atoms with Crippen molar-refractivity contribution in [3.05, 3.63) is 101 Å². The van der Waals surface area contributed by atoms with E-state index in [4.69, 9.17) is 0 Å². The molecular formula is C25H21N3O2. The molecule has 2 N–H and O–H groups in total. The van der Waals surface area contributed by atoms with Crippen LogP contribution in [0.5, 0.6) is 0 Å². The molecule has 4 rings (SSSR count). The average molecular weight is 395 g/mol. The topological polar surface area (TPSA) is 74.8 Å². The number of ketones is 1. The first-order valence-electron chi connectivity index (χ1n) is 9.80. The van der Waals surface area contributed by atoms with E-state index in [-0.39, 0.29) is 11.7 Å². The largest absolute Gasteiger partial charge is 0.335 e. The van der Waals surface area contributed by atoms with E-state index < -0.39 is 0 Å². The Labute approximate surface area is 174 Å². The molecule has 0 saturated heterocycles. The molecule has 1 heterocycles. The van der Waals surface area contributed by atoms with Gasteiger partial charge in [0.05, 0.1) is 11.0 Å². The van der Waals surface area contributed by atoms with Gasteiger partial charge in [-0.25, -0.2) is 4.98 Å². The molecule has 0 fully saturated rings. The number of amides is 1. The maximum Gasteiger partial charge on any atom is 0.255 e. The van der Waals surface area contributed by atoms with Crippen LogP contribution in [-0.2, 0) is 6.42 Å². The minimum Gasteiger partial charge on any atom is -0.335 e. The predicted octanol–water partition coefficient (Wildman–Crippen LogP) is 5.27. The first-order chi connectivity index (χ1) is 14.6. The summed E-state index contributed by atoms with van der Waals surface area (Å²) in [6, 6.07) is 22.4. The van der Waals surface area contributed by atoms with E-state index in [9.17, 15) is 9.59 Å². The van der Waals surface area contributed by atoms with Crippen LogP contribution < -0.4 is 5.32 Å². The molecule has 30 heavy (non-hydrogen) atoms. The second-order valence-corrected chi connectivity index (χ2v) is 6.93. The van der Waals surface area contributed by atoms with Crippen LogP contribution in [0.15, 0.2) is 78.9 Å². The number of aromatic nitrogens is 2. The predicted molar refractivity (Wildman–Crippen MR) is 120 cm³/mol. The zero-order chi connectivity index (χ0) is 20.9. The van der Waals surface area contributed by atoms with Gasteiger partial charge in [-0.15, -0.1) is 0 Å². The van der Waals surface area contributed by atoms with Crippen molar-refractivity contribution in [1.82, 2.24) is 9.97 Å². The van der Waals surface area contributed by atoms with Gasteiger partial charge in [0.25, 0.3) is 5.91 Å². The first kappa shape index (κ1) is 19.3. The second kappa shape index (κ2) is 8.57. The normalized spacial score (nSPS) is 11.1. The van der Waals surface area contributed by atoms with Crippen LogP contribution in [0.2, 0.25) is 0 Å². The van der Waals surface area contributed by atoms with Crippen molar-refractivity contribution in [3.63, 3.8) is 0 Å². The number of nitrogens with one attached hydrogen (secondary N) is 2. The summed E-state index contributed by atoms with van der Waals surface area (Å²) in [5.74, 6) is -0.0748. The summed E-state index contributed by atoms with van der Waals surface area (Å²) in [7, 11) is 0. The number of H-pyrrole nitrogens is 1. The Bertz CT molecular complexity index is 1190. The lowest BCUT2D eigenvalue weighted by atomic mass is 10.1. The number of rotatable bonds is 6. The SMILES string of the molecule is CCc1ccc(NC(=O)c2ccc(C=CC(=O)c3nc4ccccc4[nH]3)cc2)cc1. The monoisotopic (exact) mass is 395 g/mol. The number of hydrogen-bond acceptors (Lipinski definition) is 3. The molecule has 0 radical (unpaired) electrons. The second-order valence-electron chi connectivity index (χ2n) is 6.93. The third kappa shape index (κ3) is 4.36. The van der Waals surface area contributed by atoms with Crippen molar-refractivity contribution in [2.45, 2.75) is 13.3 Å². The van der Waals surface area contributed by atoms with Gasteiger partial charge in [0.15, 0.2) is 5.82 Å². The van der Waals surface area contributed by atoms with Crippen LogP contribution in [0.4, 0.5) is 5.69 Å². The van der Waals surface area contributed by atoms with Gasteiger partial charge in [-0.05, 0) is 60.0 Å². The lowest BCUT2D eigenvalue weighted by Gasteiger charge is -2.06. The van der Waals surface area contributed by atoms with Gasteiger partial charge in [-0.2, -0.15) is 0 Å². The Morgan fingerprint density at radius 2 is 1.70 bits per heavy atom. The summed E-state index contributed by atoms with van der Waals surface area (Å²) in [6.45, 7) is 2.09. The highest BCUT2D eigenvalue weighted by molar-refractivity contribution is 6.06. The molecule has 3 aromatic carbocycles. The Balaban J connectivity index is 1.40. The van der Waals surface area contributed by atoms with Gasteiger partial charge >= 0.3 is 0 Å². The Hall–Kier alpha value is -3.99. The first-order valence-corrected chi connectivity index (χ1v) is 9.80. The molecule has 0 atom stereocenters. The molecule has 0 bridgehead atoms. The molecule has 148 valence electrons. The minimum absolute atomic E-state index is 0.173. The third-order valence-electron chi connectivity index (χ3n) is 4.84. The van der Waals surface area contributed by atoms with Crippen LogP contribution in [-0.4, -0.2) is 21.7 Å². The quantitative estimate of drug-likeness (QED) is 0.345. The highest BCUT2D eigenvalue weighted by Crippen LogP contribution is 2.14. The number of para-hydroxylation sites is 2. The number of aryl methyl sites for hydroxylation is 1. The number of anilines is 1. The fourth-order valence-corrected chi connectivity index (χ4v) is 3.09. The van der Waals surface area contributed by atoms with E-state index in [0.717, 1.165) is 28.7 Å². The van der Waals surface area contributed by atoms with Crippen molar-refractivity contribution in [2.24, 2.45) is 0 Å². The number of carbonyl (C=O) groups is 2. The summed E-state index contributed by atoms with van der Waals surface area (Å²) in [6.07, 6.45) is 4.14. The van der Waals surface area contributed by atoms with Gasteiger partial charge in [0.1, 0.15) is 0 Å². The Morgan fingerprint density at radius 3 is 2.40 bits per heavy atom. The van der Waals surface area contributed by atoms with Crippen molar-refractivity contribution in [1.29, 1.82) is 0 Å². The fourth-order valence-electron chi connectivity index (χ4n) is 3.09. The van der Waals surface area contributed by atoms with E-state index in [1.807, 2.05) is 48.5 Å². The van der Waals surface area contributed by atoms with E-state index >= 15 is 0 Å². The molecule has 0 unspecified atom stereocenters. The van der Waals surface area contributed by atoms with Crippen molar-refractivity contribution in [2.75, 3.05) is 5.32 Å². The number of nitrogens with zero attached hydrogens (tertiary/aromatic N) is 1. The van der Waals surface area contributed by atoms with Gasteiger partial charge in [0, 0.05) is 11.3 Å². The number of carbonyl (C=O) groups excluding carboxylic acids is 2. The molecule has 0 aliphatic heterocycles. The molecule has 0 saturated carbocycles. The van der Waals surface area contributed by atoms with Gasteiger partial charge in [-0.3, -0.25) is 9.59 Å². The maximum atomic E-state index is 12.4. The standard InChI is InChI=1S/C25H21N3O2/c1-2-17-9-14-20(15-10-17)26-25(30)19-12-7-18(8-13-19)11-16-23(29)24-27-21-5-3-4-6-22(21)28-24/h3-16H,2H2,1H3,(H,26,30)(H,27,28). The number of fused-ring (bicyclic) bond motifs is 1. The molecule has 4 aromatic rings. The summed E-state index contributed by atoms with van der Waals surface area (Å²) in [4.78, 5) is 32.1. The van der Waals surface area contributed by atoms with Gasteiger partial charge in [-0.1, -0.05) is 49.4 Å². The van der Waals surface area contributed by atoms with E-state index in [2.05, 4.69) is 22.2 Å². The van der Waals surface area contributed by atoms with Crippen LogP contribution >= 0.6 is 0 Å². The highest BCUT2D eigenvalue weighted by Gasteiger charge is 2.09. The molecule has 1 amide bonds. The number of hydrogen-bond donors (Lipinski definition) is 2. The van der Waals surface area contributed by atoms with E-state index in [1.165, 1.54) is 11.6 Å². The zero-order valence-corrected chi connectivity index (χ0v) is 16.6. The number of aromatic amines is 1. The summed E-state index contributed by atoms with van der Waals surface area (Å²) in [5, 5.41) is 2.89. The molecule has 0 spiro atoms. The maximum absolute atomic E-state index is 12.4. The van der Waals surface area contributed by atoms with Crippen molar-refractivity contribution in [3.8, 4) is 0 Å². The lowest BCUT2D eigenvalue weighted by molar-refractivity contribution is 0.102. The van der Waals surface area contributed by atoms with Crippen LogP contribution in [0.25, 0.3) is 17.1 Å². The lowest BCUT2D eigenvalue weighted by Crippen LogP contribution is -2.11. The van der Waals surface area contributed by atoms with Crippen LogP contribution in [0, 0.1) is 0 Å². The van der Waals surface area contributed by atoms with Gasteiger partial charge < -0.3 is 10.3 Å². The molecule has 0 aliphatic carbocycles. The number of imidazole rings is 1.